The second kappa shape index (κ2) is 5.08. The fraction of sp³-hybridized carbons (Fsp3) is 1.00. The van der Waals surface area contributed by atoms with Crippen LogP contribution < -0.4 is 0 Å². The Labute approximate surface area is 81.1 Å². The maximum atomic E-state index is 5.69. The molecule has 1 rings (SSSR count). The lowest BCUT2D eigenvalue weighted by Gasteiger charge is -2.38. The normalized spacial score (nSPS) is 32.2. The van der Waals surface area contributed by atoms with Gasteiger partial charge in [-0.2, -0.15) is 0 Å². The molecule has 1 aliphatic heterocycles. The number of nitrogens with zero attached hydrogens (tertiary/aromatic N) is 1. The van der Waals surface area contributed by atoms with E-state index < -0.39 is 0 Å². The molecule has 2 unspecified atom stereocenters. The lowest BCUT2D eigenvalue weighted by Crippen LogP contribution is -2.44. The van der Waals surface area contributed by atoms with E-state index in [4.69, 9.17) is 11.6 Å². The van der Waals surface area contributed by atoms with Crippen molar-refractivity contribution >= 4 is 11.6 Å². The summed E-state index contributed by atoms with van der Waals surface area (Å²) >= 11 is 5.69. The molecule has 0 bridgehead atoms. The Bertz CT molecular complexity index is 117. The van der Waals surface area contributed by atoms with Crippen LogP contribution in [-0.4, -0.2) is 29.4 Å². The van der Waals surface area contributed by atoms with Crippen molar-refractivity contribution in [2.75, 3.05) is 12.4 Å². The molecule has 72 valence electrons. The highest BCUT2D eigenvalue weighted by Gasteiger charge is 2.23. The lowest BCUT2D eigenvalue weighted by molar-refractivity contribution is 0.104. The molecule has 2 atom stereocenters. The van der Waals surface area contributed by atoms with Crippen LogP contribution in [0.1, 0.15) is 39.5 Å². The second-order valence-electron chi connectivity index (χ2n) is 3.91. The van der Waals surface area contributed by atoms with E-state index in [1.54, 1.807) is 0 Å². The summed E-state index contributed by atoms with van der Waals surface area (Å²) in [5.41, 5.74) is 0. The fourth-order valence-electron chi connectivity index (χ4n) is 2.16. The molecule has 1 saturated heterocycles. The van der Waals surface area contributed by atoms with Gasteiger partial charge in [-0.05, 0) is 39.7 Å². The van der Waals surface area contributed by atoms with E-state index in [1.165, 1.54) is 25.8 Å². The molecule has 1 nitrogen and oxygen atoms in total. The molecule has 0 radical (unpaired) electrons. The topological polar surface area (TPSA) is 3.24 Å². The van der Waals surface area contributed by atoms with Gasteiger partial charge in [-0.1, -0.05) is 6.42 Å². The molecule has 12 heavy (non-hydrogen) atoms. The summed E-state index contributed by atoms with van der Waals surface area (Å²) in [6, 6.07) is 1.55. The van der Waals surface area contributed by atoms with Gasteiger partial charge in [0.25, 0.3) is 0 Å². The van der Waals surface area contributed by atoms with Crippen LogP contribution in [0.15, 0.2) is 0 Å². The maximum Gasteiger partial charge on any atom is 0.0235 e. The average molecular weight is 190 g/mol. The Kier molecular flexibility index (Phi) is 4.38. The third-order valence-corrected chi connectivity index (χ3v) is 3.19. The smallest absolute Gasteiger partial charge is 0.0235 e. The van der Waals surface area contributed by atoms with Gasteiger partial charge >= 0.3 is 0 Å². The predicted molar refractivity (Wildman–Crippen MR) is 54.8 cm³/mol. The summed E-state index contributed by atoms with van der Waals surface area (Å²) in [4.78, 5) is 2.60. The standard InChI is InChI=1S/C10H20ClN/c1-9-5-3-6-10(2)12(9)8-4-7-11/h9-10H,3-8H2,1-2H3. The van der Waals surface area contributed by atoms with Crippen LogP contribution in [0.3, 0.4) is 0 Å². The monoisotopic (exact) mass is 189 g/mol. The summed E-state index contributed by atoms with van der Waals surface area (Å²) in [5, 5.41) is 0. The van der Waals surface area contributed by atoms with Crippen molar-refractivity contribution in [3.05, 3.63) is 0 Å². The fourth-order valence-corrected chi connectivity index (χ4v) is 2.28. The zero-order valence-electron chi connectivity index (χ0n) is 8.22. The third kappa shape index (κ3) is 2.63. The van der Waals surface area contributed by atoms with Crippen LogP contribution in [0.2, 0.25) is 0 Å². The van der Waals surface area contributed by atoms with Gasteiger partial charge in [0, 0.05) is 18.0 Å². The third-order valence-electron chi connectivity index (χ3n) is 2.93. The highest BCUT2D eigenvalue weighted by Crippen LogP contribution is 2.22. The van der Waals surface area contributed by atoms with E-state index in [0.29, 0.717) is 0 Å². The number of alkyl halides is 1. The summed E-state index contributed by atoms with van der Waals surface area (Å²) in [5.74, 6) is 0.802. The van der Waals surface area contributed by atoms with Crippen LogP contribution in [0.4, 0.5) is 0 Å². The number of hydrogen-bond acceptors (Lipinski definition) is 1. The van der Waals surface area contributed by atoms with E-state index in [2.05, 4.69) is 18.7 Å². The molecule has 0 aromatic heterocycles. The first-order chi connectivity index (χ1) is 5.75. The van der Waals surface area contributed by atoms with Crippen molar-refractivity contribution in [1.29, 1.82) is 0 Å². The van der Waals surface area contributed by atoms with Crippen molar-refractivity contribution in [1.82, 2.24) is 4.90 Å². The van der Waals surface area contributed by atoms with E-state index in [9.17, 15) is 0 Å². The zero-order valence-corrected chi connectivity index (χ0v) is 8.98. The quantitative estimate of drug-likeness (QED) is 0.618. The number of likely N-dealkylation sites (tertiary alicyclic amines) is 1. The second-order valence-corrected chi connectivity index (χ2v) is 4.29. The molecular formula is C10H20ClN. The maximum absolute atomic E-state index is 5.69. The number of halogens is 1. The van der Waals surface area contributed by atoms with Crippen LogP contribution in [0.5, 0.6) is 0 Å². The van der Waals surface area contributed by atoms with Crippen molar-refractivity contribution in [3.63, 3.8) is 0 Å². The lowest BCUT2D eigenvalue weighted by atomic mass is 9.97. The highest BCUT2D eigenvalue weighted by atomic mass is 35.5. The van der Waals surface area contributed by atoms with Gasteiger partial charge in [0.15, 0.2) is 0 Å². The van der Waals surface area contributed by atoms with E-state index in [1.807, 2.05) is 0 Å². The summed E-state index contributed by atoms with van der Waals surface area (Å²) in [6.07, 6.45) is 5.27. The van der Waals surface area contributed by atoms with Gasteiger partial charge in [-0.3, -0.25) is 4.90 Å². The van der Waals surface area contributed by atoms with Crippen LogP contribution >= 0.6 is 11.6 Å². The van der Waals surface area contributed by atoms with Gasteiger partial charge in [0.1, 0.15) is 0 Å². The van der Waals surface area contributed by atoms with Crippen molar-refractivity contribution in [3.8, 4) is 0 Å². The SMILES string of the molecule is CC1CCCC(C)N1CCCCl. The Hall–Kier alpha value is 0.250. The zero-order chi connectivity index (χ0) is 8.97. The molecule has 2 heteroatoms. The minimum absolute atomic E-state index is 0.775. The van der Waals surface area contributed by atoms with Crippen molar-refractivity contribution in [2.24, 2.45) is 0 Å². The molecular weight excluding hydrogens is 170 g/mol. The molecule has 1 heterocycles. The minimum Gasteiger partial charge on any atom is -0.298 e. The number of hydrogen-bond donors (Lipinski definition) is 0. The van der Waals surface area contributed by atoms with Gasteiger partial charge < -0.3 is 0 Å². The van der Waals surface area contributed by atoms with E-state index in [-0.39, 0.29) is 0 Å². The van der Waals surface area contributed by atoms with Crippen LogP contribution in [0.25, 0.3) is 0 Å². The van der Waals surface area contributed by atoms with Crippen LogP contribution in [0, 0.1) is 0 Å². The average Bonchev–Trinajstić information content (AvgIpc) is 2.04. The Morgan fingerprint density at radius 1 is 1.25 bits per heavy atom. The highest BCUT2D eigenvalue weighted by molar-refractivity contribution is 6.17. The molecule has 0 spiro atoms. The van der Waals surface area contributed by atoms with Gasteiger partial charge in [0.2, 0.25) is 0 Å². The molecule has 0 N–H and O–H groups in total. The summed E-state index contributed by atoms with van der Waals surface area (Å²) in [7, 11) is 0. The Balaban J connectivity index is 2.34. The summed E-state index contributed by atoms with van der Waals surface area (Å²) in [6.45, 7) is 5.86. The molecule has 1 fully saturated rings. The first-order valence-corrected chi connectivity index (χ1v) is 5.61. The number of piperidine rings is 1. The first-order valence-electron chi connectivity index (χ1n) is 5.07. The molecule has 1 aliphatic rings. The predicted octanol–water partition coefficient (Wildman–Crippen LogP) is 2.88. The molecule has 0 aromatic rings. The van der Waals surface area contributed by atoms with Gasteiger partial charge in [0.05, 0.1) is 0 Å². The van der Waals surface area contributed by atoms with E-state index >= 15 is 0 Å². The molecule has 0 aliphatic carbocycles. The van der Waals surface area contributed by atoms with Crippen LogP contribution in [-0.2, 0) is 0 Å². The van der Waals surface area contributed by atoms with E-state index in [0.717, 1.165) is 24.4 Å². The molecule has 0 aromatic carbocycles. The molecule has 0 amide bonds. The minimum atomic E-state index is 0.775. The van der Waals surface area contributed by atoms with Gasteiger partial charge in [-0.25, -0.2) is 0 Å². The largest absolute Gasteiger partial charge is 0.298 e. The van der Waals surface area contributed by atoms with Crippen molar-refractivity contribution in [2.45, 2.75) is 51.6 Å². The first kappa shape index (κ1) is 10.3. The van der Waals surface area contributed by atoms with Crippen molar-refractivity contribution < 1.29 is 0 Å². The summed E-state index contributed by atoms with van der Waals surface area (Å²) < 4.78 is 0. The number of rotatable bonds is 3. The molecule has 0 saturated carbocycles. The Morgan fingerprint density at radius 2 is 1.83 bits per heavy atom. The Morgan fingerprint density at radius 3 is 2.33 bits per heavy atom. The van der Waals surface area contributed by atoms with Gasteiger partial charge in [-0.15, -0.1) is 11.6 Å².